The van der Waals surface area contributed by atoms with Gasteiger partial charge in [0.2, 0.25) is 11.8 Å². The summed E-state index contributed by atoms with van der Waals surface area (Å²) in [5, 5.41) is 8.76. The average molecular weight is 546 g/mol. The van der Waals surface area contributed by atoms with E-state index in [9.17, 15) is 9.18 Å². The number of carbonyl (C=O) groups is 1. The number of fused-ring (bicyclic) bond motifs is 2. The number of hydrogen-bond acceptors (Lipinski definition) is 7. The molecule has 1 aliphatic heterocycles. The fourth-order valence-corrected chi connectivity index (χ4v) is 5.65. The van der Waals surface area contributed by atoms with Crippen LogP contribution in [0.25, 0.3) is 22.1 Å². The molecule has 1 aliphatic rings. The van der Waals surface area contributed by atoms with Crippen LogP contribution in [0.1, 0.15) is 61.2 Å². The van der Waals surface area contributed by atoms with Crippen LogP contribution in [0.5, 0.6) is 5.88 Å². The molecule has 3 aromatic heterocycles. The van der Waals surface area contributed by atoms with Crippen molar-refractivity contribution in [2.75, 3.05) is 25.5 Å². The lowest BCUT2D eigenvalue weighted by atomic mass is 9.86. The van der Waals surface area contributed by atoms with Gasteiger partial charge in [0.05, 0.1) is 30.5 Å². The van der Waals surface area contributed by atoms with E-state index < -0.39 is 11.7 Å². The molecule has 8 nitrogen and oxygen atoms in total. The van der Waals surface area contributed by atoms with Gasteiger partial charge in [-0.2, -0.15) is 0 Å². The molecule has 9 heteroatoms. The van der Waals surface area contributed by atoms with Crippen molar-refractivity contribution in [3.8, 4) is 17.0 Å². The molecule has 1 amide bonds. The van der Waals surface area contributed by atoms with Crippen molar-refractivity contribution in [1.82, 2.24) is 20.0 Å². The number of benzene rings is 1. The highest BCUT2D eigenvalue weighted by Gasteiger charge is 2.35. The summed E-state index contributed by atoms with van der Waals surface area (Å²) >= 11 is 0. The van der Waals surface area contributed by atoms with E-state index >= 15 is 0 Å². The van der Waals surface area contributed by atoms with Crippen molar-refractivity contribution in [3.63, 3.8) is 0 Å². The van der Waals surface area contributed by atoms with Crippen LogP contribution in [0.2, 0.25) is 0 Å². The van der Waals surface area contributed by atoms with Crippen molar-refractivity contribution in [1.29, 1.82) is 0 Å². The highest BCUT2D eigenvalue weighted by atomic mass is 19.1. The first-order valence-corrected chi connectivity index (χ1v) is 13.7. The Balaban J connectivity index is 1.37. The van der Waals surface area contributed by atoms with Crippen LogP contribution in [0.4, 0.5) is 10.2 Å². The molecule has 0 radical (unpaired) electrons. The second-order valence-electron chi connectivity index (χ2n) is 11.1. The maximum Gasteiger partial charge on any atom is 0.230 e. The molecule has 0 saturated heterocycles. The Labute approximate surface area is 233 Å². The predicted octanol–water partition coefficient (Wildman–Crippen LogP) is 6.13. The minimum atomic E-state index is -0.673. The summed E-state index contributed by atoms with van der Waals surface area (Å²) in [6.45, 7) is 12.8. The number of aryl methyl sites for hydroxylation is 4. The van der Waals surface area contributed by atoms with Crippen molar-refractivity contribution < 1.29 is 18.4 Å². The first kappa shape index (κ1) is 27.6. The second kappa shape index (κ2) is 10.5. The Morgan fingerprint density at radius 3 is 2.70 bits per heavy atom. The number of nitrogens with one attached hydrogen (secondary N) is 1. The quantitative estimate of drug-likeness (QED) is 0.299. The molecule has 0 unspecified atom stereocenters. The molecule has 0 fully saturated rings. The molecule has 0 spiro atoms. The van der Waals surface area contributed by atoms with Gasteiger partial charge in [-0.3, -0.25) is 4.79 Å². The normalized spacial score (nSPS) is 17.3. The minimum Gasteiger partial charge on any atom is -0.481 e. The summed E-state index contributed by atoms with van der Waals surface area (Å²) in [7, 11) is 1.47. The van der Waals surface area contributed by atoms with Gasteiger partial charge in [-0.15, -0.1) is 0 Å². The number of likely N-dealkylation sites (N-methyl/N-ethyl adjacent to an activating group) is 1. The van der Waals surface area contributed by atoms with E-state index in [1.165, 1.54) is 13.2 Å². The lowest BCUT2D eigenvalue weighted by Gasteiger charge is -2.40. The Bertz CT molecular complexity index is 1600. The molecule has 0 aliphatic carbocycles. The zero-order valence-electron chi connectivity index (χ0n) is 24.2. The standard InChI is InChI=1S/C31H36FN5O3/c1-8-37(30(38)18(3)23-14-28(39-7)33-15-26(23)32)16-31(6)10-9-21-12-24(19(4)34-29(21)35-31)22-13-27-25(11-17(22)2)20(5)36-40-27/h11-15,18H,8-10,16H2,1-7H3,(H,34,35)/t18-,31-/m1/s1. The van der Waals surface area contributed by atoms with Crippen molar-refractivity contribution >= 4 is 22.7 Å². The molecule has 2 atom stereocenters. The number of carbonyl (C=O) groups excluding carboxylic acids is 1. The fourth-order valence-electron chi connectivity index (χ4n) is 5.65. The van der Waals surface area contributed by atoms with E-state index in [1.54, 1.807) is 11.8 Å². The largest absolute Gasteiger partial charge is 0.481 e. The van der Waals surface area contributed by atoms with Gasteiger partial charge in [0.1, 0.15) is 11.6 Å². The summed E-state index contributed by atoms with van der Waals surface area (Å²) in [6, 6.07) is 7.88. The number of methoxy groups -OCH3 is 1. The molecule has 4 heterocycles. The second-order valence-corrected chi connectivity index (χ2v) is 11.1. The summed E-state index contributed by atoms with van der Waals surface area (Å²) < 4.78 is 25.2. The molecule has 1 N–H and O–H groups in total. The number of ether oxygens (including phenoxy) is 1. The van der Waals surface area contributed by atoms with Crippen LogP contribution in [0.3, 0.4) is 0 Å². The number of anilines is 1. The van der Waals surface area contributed by atoms with Crippen LogP contribution in [-0.2, 0) is 11.2 Å². The van der Waals surface area contributed by atoms with Crippen molar-refractivity contribution in [2.24, 2.45) is 0 Å². The van der Waals surface area contributed by atoms with Gasteiger partial charge >= 0.3 is 0 Å². The molecule has 210 valence electrons. The van der Waals surface area contributed by atoms with Crippen LogP contribution in [0.15, 0.2) is 35.0 Å². The number of nitrogens with zero attached hydrogens (tertiary/aromatic N) is 4. The molecule has 40 heavy (non-hydrogen) atoms. The Morgan fingerprint density at radius 1 is 1.20 bits per heavy atom. The van der Waals surface area contributed by atoms with E-state index in [-0.39, 0.29) is 22.9 Å². The van der Waals surface area contributed by atoms with Crippen LogP contribution < -0.4 is 10.1 Å². The molecular weight excluding hydrogens is 509 g/mol. The lowest BCUT2D eigenvalue weighted by molar-refractivity contribution is -0.133. The van der Waals surface area contributed by atoms with E-state index in [4.69, 9.17) is 14.2 Å². The average Bonchev–Trinajstić information content (AvgIpc) is 3.29. The molecule has 0 bridgehead atoms. The number of aromatic nitrogens is 3. The third kappa shape index (κ3) is 5.00. The van der Waals surface area contributed by atoms with Gasteiger partial charge in [0, 0.05) is 41.4 Å². The topological polar surface area (TPSA) is 93.4 Å². The predicted molar refractivity (Wildman–Crippen MR) is 153 cm³/mol. The summed E-state index contributed by atoms with van der Waals surface area (Å²) in [6.07, 6.45) is 2.74. The summed E-state index contributed by atoms with van der Waals surface area (Å²) in [4.78, 5) is 24.2. The first-order chi connectivity index (χ1) is 19.0. The number of hydrogen-bond donors (Lipinski definition) is 1. The Morgan fingerprint density at radius 2 is 1.98 bits per heavy atom. The maximum absolute atomic E-state index is 14.6. The zero-order valence-corrected chi connectivity index (χ0v) is 24.2. The summed E-state index contributed by atoms with van der Waals surface area (Å²) in [5.74, 6) is -0.212. The smallest absolute Gasteiger partial charge is 0.230 e. The van der Waals surface area contributed by atoms with Gasteiger partial charge < -0.3 is 19.5 Å². The zero-order chi connectivity index (χ0) is 28.8. The Kier molecular flexibility index (Phi) is 7.25. The number of amides is 1. The van der Waals surface area contributed by atoms with Gasteiger partial charge in [-0.1, -0.05) is 5.16 Å². The van der Waals surface area contributed by atoms with E-state index in [0.29, 0.717) is 13.1 Å². The summed E-state index contributed by atoms with van der Waals surface area (Å²) in [5.41, 5.74) is 6.90. The maximum atomic E-state index is 14.6. The van der Waals surface area contributed by atoms with Crippen LogP contribution in [0, 0.1) is 26.6 Å². The van der Waals surface area contributed by atoms with E-state index in [2.05, 4.69) is 47.5 Å². The molecule has 4 aromatic rings. The highest BCUT2D eigenvalue weighted by molar-refractivity contribution is 5.87. The van der Waals surface area contributed by atoms with E-state index in [0.717, 1.165) is 69.5 Å². The van der Waals surface area contributed by atoms with Gasteiger partial charge in [0.25, 0.3) is 0 Å². The molecular formula is C31H36FN5O3. The third-order valence-corrected chi connectivity index (χ3v) is 8.08. The lowest BCUT2D eigenvalue weighted by Crippen LogP contribution is -2.51. The number of pyridine rings is 2. The monoisotopic (exact) mass is 545 g/mol. The van der Waals surface area contributed by atoms with Crippen molar-refractivity contribution in [2.45, 2.75) is 65.8 Å². The Hall–Kier alpha value is -4.01. The highest BCUT2D eigenvalue weighted by Crippen LogP contribution is 2.37. The third-order valence-electron chi connectivity index (χ3n) is 8.08. The molecule has 1 aromatic carbocycles. The van der Waals surface area contributed by atoms with Crippen LogP contribution in [-0.4, -0.2) is 51.7 Å². The van der Waals surface area contributed by atoms with Gasteiger partial charge in [-0.25, -0.2) is 14.4 Å². The fraction of sp³-hybridized carbons (Fsp3) is 0.419. The molecule has 0 saturated carbocycles. The van der Waals surface area contributed by atoms with Gasteiger partial charge in [-0.05, 0) is 89.3 Å². The van der Waals surface area contributed by atoms with Crippen molar-refractivity contribution in [3.05, 3.63) is 64.4 Å². The SMILES string of the molecule is CCN(C[C@@]1(C)CCc2cc(-c3cc4onc(C)c4cc3C)c(C)nc2N1)C(=O)[C@H](C)c1cc(OC)ncc1F. The molecule has 5 rings (SSSR count). The number of halogens is 1. The minimum absolute atomic E-state index is 0.142. The van der Waals surface area contributed by atoms with E-state index in [1.807, 2.05) is 20.8 Å². The first-order valence-electron chi connectivity index (χ1n) is 13.7. The van der Waals surface area contributed by atoms with Crippen LogP contribution >= 0.6 is 0 Å². The van der Waals surface area contributed by atoms with Gasteiger partial charge in [0.15, 0.2) is 5.58 Å². The number of rotatable bonds is 7.